The summed E-state index contributed by atoms with van der Waals surface area (Å²) in [5.41, 5.74) is -0.769. The van der Waals surface area contributed by atoms with Crippen LogP contribution in [0.2, 0.25) is 0 Å². The Morgan fingerprint density at radius 3 is 2.75 bits per heavy atom. The summed E-state index contributed by atoms with van der Waals surface area (Å²) in [4.78, 5) is 3.66. The second-order valence-electron chi connectivity index (χ2n) is 3.28. The van der Waals surface area contributed by atoms with Crippen LogP contribution in [-0.4, -0.2) is 16.9 Å². The molecule has 1 N–H and O–H groups in total. The predicted octanol–water partition coefficient (Wildman–Crippen LogP) is 3.53. The van der Waals surface area contributed by atoms with Crippen molar-refractivity contribution in [2.45, 2.75) is 24.9 Å². The molecule has 0 aromatic carbocycles. The molecule has 2 nitrogen and oxygen atoms in total. The number of nitrogens with zero attached hydrogens (tertiary/aromatic N) is 1. The zero-order chi connectivity index (χ0) is 12.2. The smallest absolute Gasteiger partial charge is 0.368 e. The minimum absolute atomic E-state index is 0.172. The molecule has 1 aromatic heterocycles. The van der Waals surface area contributed by atoms with Crippen molar-refractivity contribution in [2.24, 2.45) is 0 Å². The number of aromatic nitrogens is 1. The third-order valence-electron chi connectivity index (χ3n) is 2.05. The molecule has 0 spiro atoms. The number of rotatable bonds is 4. The lowest BCUT2D eigenvalue weighted by Gasteiger charge is -2.14. The van der Waals surface area contributed by atoms with Gasteiger partial charge in [-0.15, -0.1) is 11.6 Å². The number of pyridine rings is 1. The van der Waals surface area contributed by atoms with Crippen molar-refractivity contribution in [1.82, 2.24) is 4.98 Å². The van der Waals surface area contributed by atoms with Gasteiger partial charge in [0.15, 0.2) is 0 Å². The van der Waals surface area contributed by atoms with Crippen LogP contribution >= 0.6 is 11.6 Å². The highest BCUT2D eigenvalue weighted by Crippen LogP contribution is 2.33. The van der Waals surface area contributed by atoms with Gasteiger partial charge in [-0.1, -0.05) is 6.92 Å². The maximum absolute atomic E-state index is 12.5. The molecule has 1 aromatic rings. The van der Waals surface area contributed by atoms with E-state index < -0.39 is 11.7 Å². The van der Waals surface area contributed by atoms with Crippen LogP contribution in [0.1, 0.15) is 18.9 Å². The van der Waals surface area contributed by atoms with E-state index in [4.69, 9.17) is 11.6 Å². The predicted molar refractivity (Wildman–Crippen MR) is 57.7 cm³/mol. The molecule has 0 saturated heterocycles. The summed E-state index contributed by atoms with van der Waals surface area (Å²) >= 11 is 5.81. The monoisotopic (exact) mass is 252 g/mol. The molecular formula is C10H12ClF3N2. The third kappa shape index (κ3) is 3.56. The number of hydrogen-bond acceptors (Lipinski definition) is 2. The van der Waals surface area contributed by atoms with Gasteiger partial charge in [-0.25, -0.2) is 4.98 Å². The Kier molecular flexibility index (Phi) is 4.41. The summed E-state index contributed by atoms with van der Waals surface area (Å²) in [6.45, 7) is 2.13. The minimum Gasteiger partial charge on any atom is -0.368 e. The molecule has 1 rings (SSSR count). The Morgan fingerprint density at radius 2 is 2.19 bits per heavy atom. The Labute approximate surface area is 96.8 Å². The van der Waals surface area contributed by atoms with Gasteiger partial charge in [-0.05, 0) is 18.6 Å². The Balaban J connectivity index is 2.80. The number of nitrogens with one attached hydrogen (secondary N) is 1. The fourth-order valence-corrected chi connectivity index (χ4v) is 1.20. The fourth-order valence-electron chi connectivity index (χ4n) is 1.13. The first-order valence-corrected chi connectivity index (χ1v) is 5.29. The van der Waals surface area contributed by atoms with E-state index in [0.29, 0.717) is 6.42 Å². The van der Waals surface area contributed by atoms with E-state index in [1.807, 2.05) is 6.92 Å². The average molecular weight is 253 g/mol. The van der Waals surface area contributed by atoms with Crippen molar-refractivity contribution in [3.05, 3.63) is 23.9 Å². The molecule has 0 amide bonds. The fraction of sp³-hybridized carbons (Fsp3) is 0.500. The molecule has 0 bridgehead atoms. The molecular weight excluding hydrogens is 241 g/mol. The van der Waals surface area contributed by atoms with Gasteiger partial charge in [-0.2, -0.15) is 13.2 Å². The largest absolute Gasteiger partial charge is 0.419 e. The van der Waals surface area contributed by atoms with Crippen molar-refractivity contribution in [3.63, 3.8) is 0 Å². The van der Waals surface area contributed by atoms with Gasteiger partial charge in [-0.3, -0.25) is 0 Å². The van der Waals surface area contributed by atoms with Crippen molar-refractivity contribution in [2.75, 3.05) is 11.9 Å². The van der Waals surface area contributed by atoms with Gasteiger partial charge in [0.25, 0.3) is 0 Å². The minimum atomic E-state index is -4.40. The van der Waals surface area contributed by atoms with Gasteiger partial charge >= 0.3 is 6.18 Å². The molecule has 16 heavy (non-hydrogen) atoms. The van der Waals surface area contributed by atoms with Crippen LogP contribution in [0.5, 0.6) is 0 Å². The molecule has 1 unspecified atom stereocenters. The summed E-state index contributed by atoms with van der Waals surface area (Å²) in [5.74, 6) is -0.172. The third-order valence-corrected chi connectivity index (χ3v) is 2.51. The van der Waals surface area contributed by atoms with Crippen LogP contribution in [0.25, 0.3) is 0 Å². The van der Waals surface area contributed by atoms with Crippen LogP contribution in [0.3, 0.4) is 0 Å². The second kappa shape index (κ2) is 5.39. The first-order chi connectivity index (χ1) is 7.45. The summed E-state index contributed by atoms with van der Waals surface area (Å²) in [5, 5.41) is 2.40. The highest BCUT2D eigenvalue weighted by atomic mass is 35.5. The lowest BCUT2D eigenvalue weighted by Crippen LogP contribution is -2.17. The average Bonchev–Trinajstić information content (AvgIpc) is 2.25. The zero-order valence-corrected chi connectivity index (χ0v) is 9.44. The summed E-state index contributed by atoms with van der Waals surface area (Å²) in [6.07, 6.45) is -2.40. The van der Waals surface area contributed by atoms with Gasteiger partial charge in [0.05, 0.1) is 10.9 Å². The molecule has 90 valence electrons. The zero-order valence-electron chi connectivity index (χ0n) is 8.68. The lowest BCUT2D eigenvalue weighted by molar-refractivity contribution is -0.137. The number of anilines is 1. The number of hydrogen-bond donors (Lipinski definition) is 1. The van der Waals surface area contributed by atoms with Crippen molar-refractivity contribution < 1.29 is 13.2 Å². The molecule has 0 saturated carbocycles. The Morgan fingerprint density at radius 1 is 1.50 bits per heavy atom. The summed E-state index contributed by atoms with van der Waals surface area (Å²) < 4.78 is 37.6. The van der Waals surface area contributed by atoms with Crippen molar-refractivity contribution in [3.8, 4) is 0 Å². The van der Waals surface area contributed by atoms with E-state index in [-0.39, 0.29) is 17.7 Å². The van der Waals surface area contributed by atoms with E-state index >= 15 is 0 Å². The molecule has 6 heteroatoms. The maximum atomic E-state index is 12.5. The van der Waals surface area contributed by atoms with E-state index in [9.17, 15) is 13.2 Å². The SMILES string of the molecule is CCC(Cl)CNc1ncccc1C(F)(F)F. The highest BCUT2D eigenvalue weighted by Gasteiger charge is 2.34. The molecule has 0 radical (unpaired) electrons. The van der Waals surface area contributed by atoms with E-state index in [2.05, 4.69) is 10.3 Å². The molecule has 1 atom stereocenters. The topological polar surface area (TPSA) is 24.9 Å². The highest BCUT2D eigenvalue weighted by molar-refractivity contribution is 6.20. The van der Waals surface area contributed by atoms with E-state index in [0.717, 1.165) is 6.07 Å². The second-order valence-corrected chi connectivity index (χ2v) is 3.90. The molecule has 1 heterocycles. The quantitative estimate of drug-likeness (QED) is 0.830. The summed E-state index contributed by atoms with van der Waals surface area (Å²) in [7, 11) is 0. The molecule has 0 fully saturated rings. The Bertz CT molecular complexity index is 341. The van der Waals surface area contributed by atoms with Crippen LogP contribution in [0.4, 0.5) is 19.0 Å². The van der Waals surface area contributed by atoms with Gasteiger partial charge < -0.3 is 5.32 Å². The Hall–Kier alpha value is -0.970. The van der Waals surface area contributed by atoms with Crippen LogP contribution in [0, 0.1) is 0 Å². The van der Waals surface area contributed by atoms with Gasteiger partial charge in [0, 0.05) is 12.7 Å². The lowest BCUT2D eigenvalue weighted by atomic mass is 10.2. The van der Waals surface area contributed by atoms with Crippen molar-refractivity contribution in [1.29, 1.82) is 0 Å². The maximum Gasteiger partial charge on any atom is 0.419 e. The molecule has 0 aliphatic heterocycles. The normalized spacial score (nSPS) is 13.6. The van der Waals surface area contributed by atoms with Crippen molar-refractivity contribution >= 4 is 17.4 Å². The van der Waals surface area contributed by atoms with Crippen LogP contribution < -0.4 is 5.32 Å². The molecule has 0 aliphatic carbocycles. The van der Waals surface area contributed by atoms with E-state index in [1.165, 1.54) is 12.3 Å². The standard InChI is InChI=1S/C10H12ClF3N2/c1-2-7(11)6-16-9-8(10(12,13)14)4-3-5-15-9/h3-5,7H,2,6H2,1H3,(H,15,16). The number of alkyl halides is 4. The number of halogens is 4. The van der Waals surface area contributed by atoms with Crippen LogP contribution in [0.15, 0.2) is 18.3 Å². The summed E-state index contributed by atoms with van der Waals surface area (Å²) in [6, 6.07) is 2.25. The molecule has 0 aliphatic rings. The van der Waals surface area contributed by atoms with Gasteiger partial charge in [0.2, 0.25) is 0 Å². The first-order valence-electron chi connectivity index (χ1n) is 4.85. The van der Waals surface area contributed by atoms with E-state index in [1.54, 1.807) is 0 Å². The van der Waals surface area contributed by atoms with Gasteiger partial charge in [0.1, 0.15) is 5.82 Å². The van der Waals surface area contributed by atoms with Crippen LogP contribution in [-0.2, 0) is 6.18 Å². The first kappa shape index (κ1) is 13.1.